The van der Waals surface area contributed by atoms with Crippen LogP contribution in [0.5, 0.6) is 0 Å². The molecule has 1 aromatic rings. The van der Waals surface area contributed by atoms with Crippen LogP contribution in [0.15, 0.2) is 40.0 Å². The minimum atomic E-state index is -0.616. The third-order valence-corrected chi connectivity index (χ3v) is 3.88. The second-order valence-electron chi connectivity index (χ2n) is 6.62. The molecule has 0 fully saturated rings. The lowest BCUT2D eigenvalue weighted by Crippen LogP contribution is -2.42. The number of rotatable bonds is 7. The first-order valence-corrected chi connectivity index (χ1v) is 9.31. The molecule has 3 N–H and O–H groups in total. The summed E-state index contributed by atoms with van der Waals surface area (Å²) in [6.45, 7) is 5.55. The highest BCUT2D eigenvalue weighted by Crippen LogP contribution is 2.12. The number of nitrogens with zero attached hydrogens (tertiary/aromatic N) is 1. The summed E-state index contributed by atoms with van der Waals surface area (Å²) in [4.78, 5) is 27.7. The Morgan fingerprint density at radius 1 is 1.33 bits per heavy atom. The van der Waals surface area contributed by atoms with E-state index in [-0.39, 0.29) is 17.1 Å². The van der Waals surface area contributed by atoms with Crippen LogP contribution in [0.25, 0.3) is 0 Å². The van der Waals surface area contributed by atoms with Gasteiger partial charge in [0.1, 0.15) is 10.1 Å². The predicted molar refractivity (Wildman–Crippen MR) is 109 cm³/mol. The van der Waals surface area contributed by atoms with Crippen molar-refractivity contribution in [2.75, 3.05) is 6.54 Å². The van der Waals surface area contributed by atoms with E-state index in [1.165, 1.54) is 6.34 Å². The van der Waals surface area contributed by atoms with Crippen molar-refractivity contribution in [3.63, 3.8) is 0 Å². The number of aliphatic hydroxyl groups is 1. The number of hydrogen-bond donors (Lipinski definition) is 3. The van der Waals surface area contributed by atoms with Crippen molar-refractivity contribution >= 4 is 45.9 Å². The summed E-state index contributed by atoms with van der Waals surface area (Å²) in [6.07, 6.45) is 1.80. The molecule has 0 aliphatic heterocycles. The molecule has 0 saturated heterocycles. The molecule has 1 aromatic carbocycles. The van der Waals surface area contributed by atoms with Crippen LogP contribution in [0.2, 0.25) is 5.02 Å². The fourth-order valence-electron chi connectivity index (χ4n) is 1.95. The summed E-state index contributed by atoms with van der Waals surface area (Å²) in [5, 5.41) is 14.5. The first-order chi connectivity index (χ1) is 12.6. The van der Waals surface area contributed by atoms with Gasteiger partial charge in [-0.3, -0.25) is 9.79 Å². The van der Waals surface area contributed by atoms with E-state index in [2.05, 4.69) is 31.6 Å². The summed E-state index contributed by atoms with van der Waals surface area (Å²) in [5.41, 5.74) is 0.348. The normalized spacial score (nSPS) is 13.3. The van der Waals surface area contributed by atoms with E-state index in [4.69, 9.17) is 21.4 Å². The van der Waals surface area contributed by atoms with E-state index in [0.717, 1.165) is 5.56 Å². The van der Waals surface area contributed by atoms with E-state index >= 15 is 0 Å². The van der Waals surface area contributed by atoms with Crippen molar-refractivity contribution in [2.45, 2.75) is 38.8 Å². The van der Waals surface area contributed by atoms with E-state index in [1.54, 1.807) is 32.9 Å². The van der Waals surface area contributed by atoms with Gasteiger partial charge in [-0.05, 0) is 60.8 Å². The van der Waals surface area contributed by atoms with Gasteiger partial charge < -0.3 is 20.5 Å². The van der Waals surface area contributed by atoms with Gasteiger partial charge in [-0.2, -0.15) is 0 Å². The first kappa shape index (κ1) is 23.0. The third-order valence-electron chi connectivity index (χ3n) is 3.06. The van der Waals surface area contributed by atoms with Gasteiger partial charge in [0.05, 0.1) is 25.2 Å². The molecule has 0 aromatic heterocycles. The van der Waals surface area contributed by atoms with Gasteiger partial charge in [0.2, 0.25) is 0 Å². The molecule has 0 saturated carbocycles. The van der Waals surface area contributed by atoms with Crippen LogP contribution < -0.4 is 10.6 Å². The van der Waals surface area contributed by atoms with Crippen LogP contribution in [-0.2, 0) is 16.0 Å². The smallest absolute Gasteiger partial charge is 0.407 e. The standard InChI is InChI=1S/C18H23BrClN3O4/c1-18(2,3)27-17(26)23-14(8-12-4-6-13(20)7-5-12)9-21-11-22-16(25)15(19)10-24/h4-7,10-11,14,24H,8-9H2,1-3H3,(H,23,26)(H,21,22,25)/b15-10-. The molecule has 0 spiro atoms. The summed E-state index contributed by atoms with van der Waals surface area (Å²) < 4.78 is 5.25. The Hall–Kier alpha value is -2.06. The van der Waals surface area contributed by atoms with E-state index in [1.807, 2.05) is 12.1 Å². The number of amides is 2. The lowest BCUT2D eigenvalue weighted by Gasteiger charge is -2.23. The molecule has 0 aliphatic carbocycles. The third kappa shape index (κ3) is 10.0. The molecule has 0 heterocycles. The van der Waals surface area contributed by atoms with Crippen LogP contribution in [0.1, 0.15) is 26.3 Å². The Labute approximate surface area is 172 Å². The highest BCUT2D eigenvalue weighted by Gasteiger charge is 2.19. The maximum absolute atomic E-state index is 12.1. The average molecular weight is 461 g/mol. The molecule has 1 rings (SSSR count). The van der Waals surface area contributed by atoms with Gasteiger partial charge in [0.15, 0.2) is 0 Å². The summed E-state index contributed by atoms with van der Waals surface area (Å²) in [5.74, 6) is -0.546. The van der Waals surface area contributed by atoms with Crippen molar-refractivity contribution in [3.8, 4) is 0 Å². The zero-order valence-electron chi connectivity index (χ0n) is 15.3. The van der Waals surface area contributed by atoms with Crippen molar-refractivity contribution in [3.05, 3.63) is 45.6 Å². The summed E-state index contributed by atoms with van der Waals surface area (Å²) in [6, 6.07) is 6.90. The maximum atomic E-state index is 12.1. The highest BCUT2D eigenvalue weighted by atomic mass is 79.9. The zero-order valence-corrected chi connectivity index (χ0v) is 17.7. The molecule has 1 unspecified atom stereocenters. The molecule has 148 valence electrons. The number of aliphatic imine (C=N–C) groups is 1. The van der Waals surface area contributed by atoms with Crippen molar-refractivity contribution in [1.82, 2.24) is 10.6 Å². The topological polar surface area (TPSA) is 100 Å². The molecule has 0 radical (unpaired) electrons. The fourth-order valence-corrected chi connectivity index (χ4v) is 2.19. The van der Waals surface area contributed by atoms with Gasteiger partial charge >= 0.3 is 6.09 Å². The van der Waals surface area contributed by atoms with Gasteiger partial charge in [0.25, 0.3) is 5.91 Å². The number of carbonyl (C=O) groups is 2. The Kier molecular flexibility index (Phi) is 9.31. The van der Waals surface area contributed by atoms with Gasteiger partial charge in [0, 0.05) is 5.02 Å². The molecular formula is C18H23BrClN3O4. The summed E-state index contributed by atoms with van der Waals surface area (Å²) >= 11 is 8.78. The van der Waals surface area contributed by atoms with Gasteiger partial charge in [-0.15, -0.1) is 0 Å². The second kappa shape index (κ2) is 10.9. The minimum Gasteiger partial charge on any atom is -0.514 e. The lowest BCUT2D eigenvalue weighted by molar-refractivity contribution is -0.115. The largest absolute Gasteiger partial charge is 0.514 e. The molecule has 2 amide bonds. The van der Waals surface area contributed by atoms with Crippen LogP contribution >= 0.6 is 27.5 Å². The average Bonchev–Trinajstić information content (AvgIpc) is 2.57. The molecular weight excluding hydrogens is 438 g/mol. The monoisotopic (exact) mass is 459 g/mol. The van der Waals surface area contributed by atoms with Crippen LogP contribution in [0.3, 0.4) is 0 Å². The Morgan fingerprint density at radius 2 is 1.96 bits per heavy atom. The molecule has 7 nitrogen and oxygen atoms in total. The SMILES string of the molecule is CC(C)(C)OC(=O)NC(CN=CNC(=O)/C(Br)=C/O)Cc1ccc(Cl)cc1. The van der Waals surface area contributed by atoms with Crippen LogP contribution in [-0.4, -0.2) is 41.6 Å². The number of nitrogens with one attached hydrogen (secondary N) is 2. The number of alkyl carbamates (subject to hydrolysis) is 1. The van der Waals surface area contributed by atoms with E-state index in [0.29, 0.717) is 17.7 Å². The van der Waals surface area contributed by atoms with Gasteiger partial charge in [-0.1, -0.05) is 23.7 Å². The molecule has 9 heteroatoms. The second-order valence-corrected chi connectivity index (χ2v) is 7.91. The van der Waals surface area contributed by atoms with Crippen molar-refractivity contribution in [1.29, 1.82) is 0 Å². The molecule has 0 bridgehead atoms. The molecule has 1 atom stereocenters. The zero-order chi connectivity index (χ0) is 20.4. The number of hydrogen-bond acceptors (Lipinski definition) is 5. The molecule has 0 aliphatic rings. The van der Waals surface area contributed by atoms with Crippen molar-refractivity contribution < 1.29 is 19.4 Å². The van der Waals surface area contributed by atoms with E-state index in [9.17, 15) is 9.59 Å². The van der Waals surface area contributed by atoms with E-state index < -0.39 is 17.6 Å². The minimum absolute atomic E-state index is 0.0291. The first-order valence-electron chi connectivity index (χ1n) is 8.13. The Morgan fingerprint density at radius 3 is 2.52 bits per heavy atom. The molecule has 27 heavy (non-hydrogen) atoms. The number of halogens is 2. The van der Waals surface area contributed by atoms with Crippen LogP contribution in [0.4, 0.5) is 4.79 Å². The maximum Gasteiger partial charge on any atom is 0.407 e. The van der Waals surface area contributed by atoms with Crippen molar-refractivity contribution in [2.24, 2.45) is 4.99 Å². The Balaban J connectivity index is 2.73. The van der Waals surface area contributed by atoms with Gasteiger partial charge in [-0.25, -0.2) is 4.79 Å². The predicted octanol–water partition coefficient (Wildman–Crippen LogP) is 3.71. The Bertz CT molecular complexity index is 700. The fraction of sp³-hybridized carbons (Fsp3) is 0.389. The highest BCUT2D eigenvalue weighted by molar-refractivity contribution is 9.12. The summed E-state index contributed by atoms with van der Waals surface area (Å²) in [7, 11) is 0. The number of benzene rings is 1. The number of carbonyl (C=O) groups excluding carboxylic acids is 2. The number of ether oxygens (including phenoxy) is 1. The number of aliphatic hydroxyl groups excluding tert-OH is 1. The lowest BCUT2D eigenvalue weighted by atomic mass is 10.1. The quantitative estimate of drug-likeness (QED) is 0.250. The van der Waals surface area contributed by atoms with Crippen LogP contribution in [0, 0.1) is 0 Å².